The molecule has 0 aliphatic heterocycles. The molecule has 1 fully saturated rings. The fourth-order valence-corrected chi connectivity index (χ4v) is 2.07. The second-order valence-corrected chi connectivity index (χ2v) is 4.21. The fourth-order valence-electron chi connectivity index (χ4n) is 2.07. The Kier molecular flexibility index (Phi) is 4.10. The zero-order valence-electron chi connectivity index (χ0n) is 9.78. The molecular weight excluding hydrogens is 202 g/mol. The molecule has 1 aromatic heterocycles. The lowest BCUT2D eigenvalue weighted by atomic mass is 10.1. The van der Waals surface area contributed by atoms with Crippen molar-refractivity contribution >= 4 is 0 Å². The lowest BCUT2D eigenvalue weighted by molar-refractivity contribution is 0.315. The maximum atomic E-state index is 5.48. The van der Waals surface area contributed by atoms with Crippen LogP contribution in [0.5, 0.6) is 5.75 Å². The van der Waals surface area contributed by atoms with Gasteiger partial charge in [0.2, 0.25) is 0 Å². The number of nitrogens with zero attached hydrogens (tertiary/aromatic N) is 2. The molecule has 1 saturated carbocycles. The van der Waals surface area contributed by atoms with Crippen molar-refractivity contribution in [2.75, 3.05) is 20.2 Å². The van der Waals surface area contributed by atoms with E-state index >= 15 is 0 Å². The highest BCUT2D eigenvalue weighted by Crippen LogP contribution is 2.31. The Morgan fingerprint density at radius 2 is 2.00 bits per heavy atom. The fraction of sp³-hybridized carbons (Fsp3) is 0.667. The Balaban J connectivity index is 1.88. The van der Waals surface area contributed by atoms with Crippen LogP contribution in [0.15, 0.2) is 12.4 Å². The van der Waals surface area contributed by atoms with E-state index in [0.29, 0.717) is 12.5 Å². The van der Waals surface area contributed by atoms with Gasteiger partial charge in [-0.2, -0.15) is 0 Å². The van der Waals surface area contributed by atoms with E-state index in [0.717, 1.165) is 18.1 Å². The molecule has 1 aromatic rings. The largest absolute Gasteiger partial charge is 0.489 e. The number of rotatable bonds is 5. The first-order chi connectivity index (χ1) is 7.90. The molecule has 0 amide bonds. The predicted octanol–water partition coefficient (Wildman–Crippen LogP) is 1.73. The standard InChI is InChI=1S/C12H19N3O/c1-13-6-7-16-11-8-14-12(15-9-11)10-4-2-3-5-10/h8-10,13H,2-7H2,1H3. The molecule has 1 N–H and O–H groups in total. The third kappa shape index (κ3) is 2.92. The summed E-state index contributed by atoms with van der Waals surface area (Å²) in [6.07, 6.45) is 8.68. The second-order valence-electron chi connectivity index (χ2n) is 4.21. The molecule has 4 nitrogen and oxygen atoms in total. The van der Waals surface area contributed by atoms with Gasteiger partial charge < -0.3 is 10.1 Å². The first-order valence-electron chi connectivity index (χ1n) is 5.99. The number of likely N-dealkylation sites (N-methyl/N-ethyl adjacent to an activating group) is 1. The zero-order chi connectivity index (χ0) is 11.2. The SMILES string of the molecule is CNCCOc1cnc(C2CCCC2)nc1. The number of ether oxygens (including phenoxy) is 1. The Morgan fingerprint density at radius 3 is 2.62 bits per heavy atom. The number of aromatic nitrogens is 2. The molecule has 1 aliphatic rings. The molecule has 16 heavy (non-hydrogen) atoms. The number of hydrogen-bond donors (Lipinski definition) is 1. The van der Waals surface area contributed by atoms with E-state index in [1.807, 2.05) is 7.05 Å². The van der Waals surface area contributed by atoms with Crippen LogP contribution in [-0.2, 0) is 0 Å². The Hall–Kier alpha value is -1.16. The molecule has 0 atom stereocenters. The highest BCUT2D eigenvalue weighted by molar-refractivity contribution is 5.14. The van der Waals surface area contributed by atoms with Crippen molar-refractivity contribution < 1.29 is 4.74 Å². The van der Waals surface area contributed by atoms with Gasteiger partial charge in [-0.25, -0.2) is 9.97 Å². The van der Waals surface area contributed by atoms with Gasteiger partial charge in [0.15, 0.2) is 5.75 Å². The predicted molar refractivity (Wildman–Crippen MR) is 62.7 cm³/mol. The molecule has 0 bridgehead atoms. The van der Waals surface area contributed by atoms with Crippen molar-refractivity contribution in [2.24, 2.45) is 0 Å². The van der Waals surface area contributed by atoms with Gasteiger partial charge in [-0.3, -0.25) is 0 Å². The van der Waals surface area contributed by atoms with Crippen LogP contribution in [0.1, 0.15) is 37.4 Å². The van der Waals surface area contributed by atoms with Crippen LogP contribution in [0.2, 0.25) is 0 Å². The summed E-state index contributed by atoms with van der Waals surface area (Å²) in [6, 6.07) is 0. The summed E-state index contributed by atoms with van der Waals surface area (Å²) in [5.41, 5.74) is 0. The highest BCUT2D eigenvalue weighted by atomic mass is 16.5. The lowest BCUT2D eigenvalue weighted by Crippen LogP contribution is -2.16. The summed E-state index contributed by atoms with van der Waals surface area (Å²) in [6.45, 7) is 1.49. The first-order valence-corrected chi connectivity index (χ1v) is 5.99. The van der Waals surface area contributed by atoms with Gasteiger partial charge in [0.1, 0.15) is 12.4 Å². The summed E-state index contributed by atoms with van der Waals surface area (Å²) in [7, 11) is 1.91. The van der Waals surface area contributed by atoms with Crippen LogP contribution >= 0.6 is 0 Å². The molecule has 0 radical (unpaired) electrons. The zero-order valence-corrected chi connectivity index (χ0v) is 9.78. The van der Waals surface area contributed by atoms with Crippen LogP contribution in [0.25, 0.3) is 0 Å². The second kappa shape index (κ2) is 5.80. The summed E-state index contributed by atoms with van der Waals surface area (Å²) in [5, 5.41) is 3.03. The van der Waals surface area contributed by atoms with E-state index in [-0.39, 0.29) is 0 Å². The number of hydrogen-bond acceptors (Lipinski definition) is 4. The van der Waals surface area contributed by atoms with Crippen LogP contribution in [0.3, 0.4) is 0 Å². The van der Waals surface area contributed by atoms with E-state index < -0.39 is 0 Å². The Labute approximate surface area is 96.4 Å². The maximum absolute atomic E-state index is 5.48. The molecule has 0 saturated heterocycles. The van der Waals surface area contributed by atoms with E-state index in [2.05, 4.69) is 15.3 Å². The summed E-state index contributed by atoms with van der Waals surface area (Å²) in [4.78, 5) is 8.77. The van der Waals surface area contributed by atoms with E-state index in [9.17, 15) is 0 Å². The van der Waals surface area contributed by atoms with Crippen LogP contribution in [0, 0.1) is 0 Å². The lowest BCUT2D eigenvalue weighted by Gasteiger charge is -2.08. The van der Waals surface area contributed by atoms with Gasteiger partial charge in [0.05, 0.1) is 12.4 Å². The van der Waals surface area contributed by atoms with E-state index in [1.54, 1.807) is 12.4 Å². The van der Waals surface area contributed by atoms with E-state index in [4.69, 9.17) is 4.74 Å². The monoisotopic (exact) mass is 221 g/mol. The summed E-state index contributed by atoms with van der Waals surface area (Å²) < 4.78 is 5.48. The van der Waals surface area contributed by atoms with Crippen LogP contribution in [0.4, 0.5) is 0 Å². The van der Waals surface area contributed by atoms with Crippen molar-refractivity contribution in [3.63, 3.8) is 0 Å². The van der Waals surface area contributed by atoms with Gasteiger partial charge in [0.25, 0.3) is 0 Å². The molecule has 0 spiro atoms. The van der Waals surface area contributed by atoms with Gasteiger partial charge >= 0.3 is 0 Å². The topological polar surface area (TPSA) is 47.0 Å². The maximum Gasteiger partial charge on any atom is 0.155 e. The van der Waals surface area contributed by atoms with Crippen molar-refractivity contribution in [1.29, 1.82) is 0 Å². The van der Waals surface area contributed by atoms with Gasteiger partial charge in [0, 0.05) is 12.5 Å². The third-order valence-electron chi connectivity index (χ3n) is 2.99. The molecule has 1 aliphatic carbocycles. The van der Waals surface area contributed by atoms with Crippen molar-refractivity contribution in [3.8, 4) is 5.75 Å². The normalized spacial score (nSPS) is 16.6. The van der Waals surface area contributed by atoms with Gasteiger partial charge in [-0.1, -0.05) is 12.8 Å². The minimum absolute atomic E-state index is 0.575. The van der Waals surface area contributed by atoms with E-state index in [1.165, 1.54) is 25.7 Å². The molecular formula is C12H19N3O. The smallest absolute Gasteiger partial charge is 0.155 e. The molecule has 0 aromatic carbocycles. The van der Waals surface area contributed by atoms with Crippen LogP contribution < -0.4 is 10.1 Å². The molecule has 2 rings (SSSR count). The minimum atomic E-state index is 0.575. The van der Waals surface area contributed by atoms with Crippen molar-refractivity contribution in [1.82, 2.24) is 15.3 Å². The molecule has 0 unspecified atom stereocenters. The number of nitrogens with one attached hydrogen (secondary N) is 1. The Morgan fingerprint density at radius 1 is 1.31 bits per heavy atom. The van der Waals surface area contributed by atoms with Crippen LogP contribution in [-0.4, -0.2) is 30.2 Å². The summed E-state index contributed by atoms with van der Waals surface area (Å²) in [5.74, 6) is 2.32. The Bertz CT molecular complexity index is 307. The summed E-state index contributed by atoms with van der Waals surface area (Å²) >= 11 is 0. The molecule has 1 heterocycles. The quantitative estimate of drug-likeness (QED) is 0.769. The first kappa shape index (κ1) is 11.3. The average molecular weight is 221 g/mol. The van der Waals surface area contributed by atoms with Crippen molar-refractivity contribution in [2.45, 2.75) is 31.6 Å². The molecule has 4 heteroatoms. The minimum Gasteiger partial charge on any atom is -0.489 e. The van der Waals surface area contributed by atoms with Crippen molar-refractivity contribution in [3.05, 3.63) is 18.2 Å². The van der Waals surface area contributed by atoms with Gasteiger partial charge in [-0.15, -0.1) is 0 Å². The molecule has 88 valence electrons. The van der Waals surface area contributed by atoms with Gasteiger partial charge in [-0.05, 0) is 19.9 Å². The third-order valence-corrected chi connectivity index (χ3v) is 2.99. The average Bonchev–Trinajstić information content (AvgIpc) is 2.84. The highest BCUT2D eigenvalue weighted by Gasteiger charge is 2.19.